The van der Waals surface area contributed by atoms with E-state index in [0.717, 1.165) is 25.7 Å². The second kappa shape index (κ2) is 6.14. The van der Waals surface area contributed by atoms with Gasteiger partial charge in [-0.3, -0.25) is 9.59 Å². The number of methoxy groups -OCH3 is 1. The van der Waals surface area contributed by atoms with Crippen molar-refractivity contribution in [1.29, 1.82) is 0 Å². The van der Waals surface area contributed by atoms with Gasteiger partial charge >= 0.3 is 5.97 Å². The molecule has 9 atom stereocenters. The van der Waals surface area contributed by atoms with Gasteiger partial charge in [-0.2, -0.15) is 0 Å². The number of ether oxygens (including phenoxy) is 3. The van der Waals surface area contributed by atoms with E-state index in [4.69, 9.17) is 14.2 Å². The fourth-order valence-electron chi connectivity index (χ4n) is 8.47. The second-order valence-corrected chi connectivity index (χ2v) is 10.4. The largest absolute Gasteiger partial charge is 0.462 e. The molecular formula is C23H32O6. The third-order valence-electron chi connectivity index (χ3n) is 9.31. The van der Waals surface area contributed by atoms with Crippen LogP contribution in [0.25, 0.3) is 0 Å². The van der Waals surface area contributed by atoms with Gasteiger partial charge in [-0.15, -0.1) is 0 Å². The van der Waals surface area contributed by atoms with Crippen LogP contribution in [0.4, 0.5) is 0 Å². The maximum Gasteiger partial charge on any atom is 0.302 e. The number of aliphatic hydroxyl groups excluding tert-OH is 1. The summed E-state index contributed by atoms with van der Waals surface area (Å²) in [6.07, 6.45) is 2.53. The van der Waals surface area contributed by atoms with Crippen LogP contribution < -0.4 is 0 Å². The maximum absolute atomic E-state index is 13.7. The number of ketones is 1. The Balaban J connectivity index is 1.75. The van der Waals surface area contributed by atoms with Gasteiger partial charge in [0.05, 0.1) is 30.8 Å². The van der Waals surface area contributed by atoms with Crippen LogP contribution in [0, 0.1) is 34.0 Å². The number of carbonyl (C=O) groups excluding carboxylic acids is 2. The van der Waals surface area contributed by atoms with Crippen molar-refractivity contribution in [3.8, 4) is 0 Å². The lowest BCUT2D eigenvalue weighted by Crippen LogP contribution is -2.74. The Morgan fingerprint density at radius 2 is 2.03 bits per heavy atom. The van der Waals surface area contributed by atoms with Crippen LogP contribution in [0.1, 0.15) is 46.0 Å². The summed E-state index contributed by atoms with van der Waals surface area (Å²) in [4.78, 5) is 25.8. The summed E-state index contributed by atoms with van der Waals surface area (Å²) < 4.78 is 18.0. The standard InChI is InChI=1S/C23H32O6/c1-12-14-8-15(29-13(2)24)18-22-7-5-6-21(3,10-28-11-22)16(22)9-17(27-4)23(18,19(12)25)20(14)26/h14-18,20,26H,1,5-11H2,2-4H3. The molecule has 6 nitrogen and oxygen atoms in total. The van der Waals surface area contributed by atoms with E-state index < -0.39 is 23.7 Å². The average Bonchev–Trinajstić information content (AvgIpc) is 2.77. The van der Waals surface area contributed by atoms with Gasteiger partial charge in [0.1, 0.15) is 6.10 Å². The van der Waals surface area contributed by atoms with E-state index in [1.807, 2.05) is 0 Å². The number of hydrogen-bond acceptors (Lipinski definition) is 6. The smallest absolute Gasteiger partial charge is 0.302 e. The summed E-state index contributed by atoms with van der Waals surface area (Å²) in [5.74, 6) is -0.829. The third-order valence-corrected chi connectivity index (χ3v) is 9.31. The van der Waals surface area contributed by atoms with E-state index in [-0.39, 0.29) is 34.4 Å². The van der Waals surface area contributed by atoms with Crippen molar-refractivity contribution >= 4 is 11.8 Å². The predicted octanol–water partition coefficient (Wildman–Crippen LogP) is 2.28. The molecule has 4 bridgehead atoms. The highest BCUT2D eigenvalue weighted by Gasteiger charge is 2.78. The number of esters is 1. The van der Waals surface area contributed by atoms with Crippen LogP contribution in [-0.2, 0) is 23.8 Å². The third kappa shape index (κ3) is 2.18. The summed E-state index contributed by atoms with van der Waals surface area (Å²) in [6.45, 7) is 9.02. The average molecular weight is 405 g/mol. The Bertz CT molecular complexity index is 763. The molecule has 29 heavy (non-hydrogen) atoms. The molecule has 1 N–H and O–H groups in total. The molecule has 0 amide bonds. The molecule has 5 aliphatic rings. The summed E-state index contributed by atoms with van der Waals surface area (Å²) in [6, 6.07) is 0. The number of aliphatic hydroxyl groups is 1. The number of hydrogen-bond donors (Lipinski definition) is 1. The molecule has 6 heteroatoms. The number of Topliss-reactive ketones (excluding diaryl/α,β-unsaturated/α-hetero) is 1. The Labute approximate surface area is 172 Å². The van der Waals surface area contributed by atoms with Crippen molar-refractivity contribution in [2.75, 3.05) is 20.3 Å². The second-order valence-electron chi connectivity index (χ2n) is 10.4. The summed E-state index contributed by atoms with van der Waals surface area (Å²) in [5, 5.41) is 11.5. The monoisotopic (exact) mass is 404 g/mol. The van der Waals surface area contributed by atoms with E-state index in [1.165, 1.54) is 6.92 Å². The molecule has 0 aromatic carbocycles. The van der Waals surface area contributed by atoms with Gasteiger partial charge in [-0.1, -0.05) is 19.9 Å². The van der Waals surface area contributed by atoms with Crippen LogP contribution in [0.5, 0.6) is 0 Å². The molecule has 0 radical (unpaired) electrons. The number of carbonyl (C=O) groups is 2. The molecule has 1 saturated heterocycles. The SMILES string of the molecule is C=C1C(=O)C23C(OC)CC4C5(C)CCCC4(COC5)C2C(OC(C)=O)CC1C3O. The van der Waals surface area contributed by atoms with Crippen LogP contribution in [-0.4, -0.2) is 55.5 Å². The lowest BCUT2D eigenvalue weighted by Gasteiger charge is -2.69. The van der Waals surface area contributed by atoms with Gasteiger partial charge in [0.2, 0.25) is 0 Å². The minimum absolute atomic E-state index is 0.0100. The van der Waals surface area contributed by atoms with Crippen molar-refractivity contribution in [3.05, 3.63) is 12.2 Å². The highest BCUT2D eigenvalue weighted by atomic mass is 16.5. The lowest BCUT2D eigenvalue weighted by atomic mass is 9.38. The summed E-state index contributed by atoms with van der Waals surface area (Å²) >= 11 is 0. The van der Waals surface area contributed by atoms with E-state index in [1.54, 1.807) is 7.11 Å². The minimum Gasteiger partial charge on any atom is -0.462 e. The summed E-state index contributed by atoms with van der Waals surface area (Å²) in [5.41, 5.74) is -0.933. The molecule has 160 valence electrons. The maximum atomic E-state index is 13.7. The Morgan fingerprint density at radius 1 is 1.28 bits per heavy atom. The van der Waals surface area contributed by atoms with Crippen molar-refractivity contribution in [1.82, 2.24) is 0 Å². The number of fused-ring (bicyclic) bond motifs is 1. The zero-order valence-electron chi connectivity index (χ0n) is 17.6. The zero-order valence-corrected chi connectivity index (χ0v) is 17.6. The normalized spacial score (nSPS) is 53.2. The first-order valence-electron chi connectivity index (χ1n) is 10.9. The van der Waals surface area contributed by atoms with Crippen LogP contribution >= 0.6 is 0 Å². The molecule has 0 aromatic rings. The van der Waals surface area contributed by atoms with Gasteiger partial charge in [0.15, 0.2) is 5.78 Å². The molecule has 5 rings (SSSR count). The summed E-state index contributed by atoms with van der Waals surface area (Å²) in [7, 11) is 1.64. The Kier molecular flexibility index (Phi) is 4.18. The molecule has 1 aliphatic heterocycles. The molecule has 1 heterocycles. The van der Waals surface area contributed by atoms with Crippen LogP contribution in [0.2, 0.25) is 0 Å². The quantitative estimate of drug-likeness (QED) is 0.562. The molecule has 5 fully saturated rings. The van der Waals surface area contributed by atoms with Crippen LogP contribution in [0.15, 0.2) is 12.2 Å². The first kappa shape index (κ1) is 19.7. The molecule has 9 unspecified atom stereocenters. The van der Waals surface area contributed by atoms with Gasteiger partial charge in [-0.25, -0.2) is 0 Å². The Morgan fingerprint density at radius 3 is 2.72 bits per heavy atom. The van der Waals surface area contributed by atoms with E-state index in [2.05, 4.69) is 13.5 Å². The molecule has 1 spiro atoms. The van der Waals surface area contributed by atoms with Crippen molar-refractivity contribution < 1.29 is 28.9 Å². The topological polar surface area (TPSA) is 82.1 Å². The molecule has 4 aliphatic carbocycles. The van der Waals surface area contributed by atoms with Gasteiger partial charge in [0.25, 0.3) is 0 Å². The van der Waals surface area contributed by atoms with Crippen molar-refractivity contribution in [2.45, 2.75) is 64.3 Å². The van der Waals surface area contributed by atoms with E-state index in [9.17, 15) is 14.7 Å². The Hall–Kier alpha value is -1.24. The van der Waals surface area contributed by atoms with Crippen molar-refractivity contribution in [3.63, 3.8) is 0 Å². The van der Waals surface area contributed by atoms with Gasteiger partial charge < -0.3 is 19.3 Å². The lowest BCUT2D eigenvalue weighted by molar-refractivity contribution is -0.298. The minimum atomic E-state index is -1.11. The van der Waals surface area contributed by atoms with Gasteiger partial charge in [-0.05, 0) is 42.6 Å². The van der Waals surface area contributed by atoms with Gasteiger partial charge in [0, 0.05) is 31.3 Å². The first-order valence-corrected chi connectivity index (χ1v) is 10.9. The fraction of sp³-hybridized carbons (Fsp3) is 0.826. The molecular weight excluding hydrogens is 372 g/mol. The van der Waals surface area contributed by atoms with Crippen molar-refractivity contribution in [2.24, 2.45) is 34.0 Å². The zero-order chi connectivity index (χ0) is 20.8. The molecule has 0 aromatic heterocycles. The fourth-order valence-corrected chi connectivity index (χ4v) is 8.47. The highest BCUT2D eigenvalue weighted by molar-refractivity contribution is 6.04. The van der Waals surface area contributed by atoms with E-state index >= 15 is 0 Å². The molecule has 4 saturated carbocycles. The highest BCUT2D eigenvalue weighted by Crippen LogP contribution is 2.73. The van der Waals surface area contributed by atoms with Crippen LogP contribution in [0.3, 0.4) is 0 Å². The predicted molar refractivity (Wildman–Crippen MR) is 104 cm³/mol. The first-order chi connectivity index (χ1) is 13.7. The van der Waals surface area contributed by atoms with E-state index in [0.29, 0.717) is 31.1 Å². The number of rotatable bonds is 2.